The van der Waals surface area contributed by atoms with Crippen molar-refractivity contribution in [2.45, 2.75) is 20.8 Å². The van der Waals surface area contributed by atoms with Gasteiger partial charge in [-0.05, 0) is 32.4 Å². The van der Waals surface area contributed by atoms with Crippen LogP contribution in [-0.4, -0.2) is 19.7 Å². The first-order valence-electron chi connectivity index (χ1n) is 5.26. The molecule has 0 saturated carbocycles. The van der Waals surface area contributed by atoms with E-state index in [1.807, 2.05) is 20.8 Å². The van der Waals surface area contributed by atoms with E-state index in [-0.39, 0.29) is 16.7 Å². The molecule has 0 N–H and O–H groups in total. The Labute approximate surface area is 108 Å². The van der Waals surface area contributed by atoms with Crippen molar-refractivity contribution >= 4 is 17.3 Å². The van der Waals surface area contributed by atoms with Crippen LogP contribution in [0.15, 0.2) is 12.1 Å². The summed E-state index contributed by atoms with van der Waals surface area (Å²) < 4.78 is 1.45. The predicted molar refractivity (Wildman–Crippen MR) is 67.2 cm³/mol. The summed E-state index contributed by atoms with van der Waals surface area (Å²) in [6.45, 7) is 5.58. The molecule has 0 aromatic carbocycles. The summed E-state index contributed by atoms with van der Waals surface area (Å²) in [4.78, 5) is 14.5. The highest BCUT2D eigenvalue weighted by molar-refractivity contribution is 6.29. The van der Waals surface area contributed by atoms with Crippen LogP contribution in [0.5, 0.6) is 0 Å². The van der Waals surface area contributed by atoms with Gasteiger partial charge < -0.3 is 0 Å². The Bertz CT molecular complexity index is 636. The number of nitrogens with zero attached hydrogens (tertiary/aromatic N) is 4. The Balaban J connectivity index is 2.73. The van der Waals surface area contributed by atoms with Gasteiger partial charge in [-0.25, -0.2) is 9.67 Å². The van der Waals surface area contributed by atoms with Gasteiger partial charge in [0.2, 0.25) is 5.82 Å². The van der Waals surface area contributed by atoms with E-state index in [0.29, 0.717) is 0 Å². The van der Waals surface area contributed by atoms with Gasteiger partial charge in [-0.3, -0.25) is 10.1 Å². The van der Waals surface area contributed by atoms with Gasteiger partial charge in [0.1, 0.15) is 5.15 Å². The zero-order chi connectivity index (χ0) is 13.4. The summed E-state index contributed by atoms with van der Waals surface area (Å²) in [6.07, 6.45) is 0. The number of pyridine rings is 1. The fourth-order valence-electron chi connectivity index (χ4n) is 1.64. The molecular weight excluding hydrogens is 256 g/mol. The molecule has 2 heterocycles. The number of aromatic nitrogens is 3. The molecule has 0 amide bonds. The van der Waals surface area contributed by atoms with E-state index in [0.717, 1.165) is 17.0 Å². The fourth-order valence-corrected chi connectivity index (χ4v) is 1.79. The standard InChI is InChI=1S/C11H11ClN4O2/c1-6-7(2)14-15(8(6)3)11-9(16(17)18)4-5-10(12)13-11/h4-5H,1-3H3. The van der Waals surface area contributed by atoms with E-state index in [1.165, 1.54) is 16.8 Å². The highest BCUT2D eigenvalue weighted by Gasteiger charge is 2.21. The van der Waals surface area contributed by atoms with Crippen LogP contribution in [0.4, 0.5) is 5.69 Å². The highest BCUT2D eigenvalue weighted by atomic mass is 35.5. The minimum Gasteiger partial charge on any atom is -0.258 e. The van der Waals surface area contributed by atoms with Crippen molar-refractivity contribution in [1.29, 1.82) is 0 Å². The van der Waals surface area contributed by atoms with Crippen molar-refractivity contribution in [3.05, 3.63) is 44.4 Å². The lowest BCUT2D eigenvalue weighted by molar-refractivity contribution is -0.384. The summed E-state index contributed by atoms with van der Waals surface area (Å²) in [6, 6.07) is 2.72. The zero-order valence-corrected chi connectivity index (χ0v) is 10.9. The van der Waals surface area contributed by atoms with Crippen molar-refractivity contribution in [3.63, 3.8) is 0 Å². The van der Waals surface area contributed by atoms with Gasteiger partial charge in [0.15, 0.2) is 0 Å². The monoisotopic (exact) mass is 266 g/mol. The fraction of sp³-hybridized carbons (Fsp3) is 0.273. The Morgan fingerprint density at radius 1 is 1.33 bits per heavy atom. The molecule has 0 bridgehead atoms. The largest absolute Gasteiger partial charge is 0.313 e. The molecular formula is C11H11ClN4O2. The Morgan fingerprint density at radius 2 is 2.00 bits per heavy atom. The van der Waals surface area contributed by atoms with Crippen molar-refractivity contribution < 1.29 is 4.92 Å². The lowest BCUT2D eigenvalue weighted by Gasteiger charge is -2.04. The summed E-state index contributed by atoms with van der Waals surface area (Å²) in [5.41, 5.74) is 2.48. The van der Waals surface area contributed by atoms with Crippen LogP contribution < -0.4 is 0 Å². The number of halogens is 1. The molecule has 6 nitrogen and oxygen atoms in total. The number of aryl methyl sites for hydroxylation is 1. The molecule has 0 aliphatic heterocycles. The minimum atomic E-state index is -0.496. The van der Waals surface area contributed by atoms with Crippen molar-refractivity contribution in [2.75, 3.05) is 0 Å². The van der Waals surface area contributed by atoms with E-state index in [9.17, 15) is 10.1 Å². The average Bonchev–Trinajstić information content (AvgIpc) is 2.56. The van der Waals surface area contributed by atoms with E-state index < -0.39 is 4.92 Å². The van der Waals surface area contributed by atoms with Gasteiger partial charge >= 0.3 is 5.69 Å². The third-order valence-corrected chi connectivity index (χ3v) is 3.08. The Morgan fingerprint density at radius 3 is 2.50 bits per heavy atom. The van der Waals surface area contributed by atoms with Gasteiger partial charge in [0.05, 0.1) is 10.6 Å². The highest BCUT2D eigenvalue weighted by Crippen LogP contribution is 2.25. The first kappa shape index (κ1) is 12.5. The third kappa shape index (κ3) is 1.95. The van der Waals surface area contributed by atoms with Crippen molar-refractivity contribution in [1.82, 2.24) is 14.8 Å². The van der Waals surface area contributed by atoms with Crippen LogP contribution >= 0.6 is 11.6 Å². The van der Waals surface area contributed by atoms with Crippen LogP contribution in [0.25, 0.3) is 5.82 Å². The summed E-state index contributed by atoms with van der Waals surface area (Å²) >= 11 is 5.80. The minimum absolute atomic E-state index is 0.120. The quantitative estimate of drug-likeness (QED) is 0.476. The number of rotatable bonds is 2. The second-order valence-electron chi connectivity index (χ2n) is 3.94. The molecule has 18 heavy (non-hydrogen) atoms. The van der Waals surface area contributed by atoms with E-state index >= 15 is 0 Å². The Hall–Kier alpha value is -1.95. The van der Waals surface area contributed by atoms with Crippen LogP contribution in [0.2, 0.25) is 5.15 Å². The van der Waals surface area contributed by atoms with Gasteiger partial charge in [0, 0.05) is 11.8 Å². The second-order valence-corrected chi connectivity index (χ2v) is 4.33. The maximum Gasteiger partial charge on any atom is 0.313 e. The van der Waals surface area contributed by atoms with E-state index in [4.69, 9.17) is 11.6 Å². The molecule has 7 heteroatoms. The van der Waals surface area contributed by atoms with Gasteiger partial charge in [0.25, 0.3) is 0 Å². The van der Waals surface area contributed by atoms with Crippen LogP contribution in [0.3, 0.4) is 0 Å². The third-order valence-electron chi connectivity index (χ3n) is 2.87. The summed E-state index contributed by atoms with van der Waals surface area (Å²) in [7, 11) is 0. The van der Waals surface area contributed by atoms with Crippen LogP contribution in [0.1, 0.15) is 17.0 Å². The van der Waals surface area contributed by atoms with Gasteiger partial charge in [-0.2, -0.15) is 5.10 Å². The molecule has 2 aromatic rings. The summed E-state index contributed by atoms with van der Waals surface area (Å²) in [5.74, 6) is 0.140. The maximum absolute atomic E-state index is 11.0. The number of nitro groups is 1. The molecule has 0 atom stereocenters. The van der Waals surface area contributed by atoms with Crippen molar-refractivity contribution in [3.8, 4) is 5.82 Å². The second kappa shape index (κ2) is 4.38. The zero-order valence-electron chi connectivity index (χ0n) is 10.1. The molecule has 94 valence electrons. The molecule has 0 radical (unpaired) electrons. The van der Waals surface area contributed by atoms with Crippen LogP contribution in [0, 0.1) is 30.9 Å². The molecule has 0 spiro atoms. The lowest BCUT2D eigenvalue weighted by atomic mass is 10.2. The topological polar surface area (TPSA) is 73.8 Å². The first-order valence-corrected chi connectivity index (χ1v) is 5.63. The molecule has 2 rings (SSSR count). The molecule has 0 fully saturated rings. The normalized spacial score (nSPS) is 10.7. The van der Waals surface area contributed by atoms with Gasteiger partial charge in [-0.1, -0.05) is 11.6 Å². The van der Waals surface area contributed by atoms with E-state index in [2.05, 4.69) is 10.1 Å². The smallest absolute Gasteiger partial charge is 0.258 e. The molecule has 0 unspecified atom stereocenters. The summed E-state index contributed by atoms with van der Waals surface area (Å²) in [5, 5.41) is 15.4. The van der Waals surface area contributed by atoms with Gasteiger partial charge in [-0.15, -0.1) is 0 Å². The maximum atomic E-state index is 11.0. The van der Waals surface area contributed by atoms with Crippen LogP contribution in [-0.2, 0) is 0 Å². The average molecular weight is 267 g/mol. The molecule has 0 aliphatic carbocycles. The molecule has 0 saturated heterocycles. The molecule has 0 aliphatic rings. The number of hydrogen-bond donors (Lipinski definition) is 0. The predicted octanol–water partition coefficient (Wildman–Crippen LogP) is 2.75. The first-order chi connectivity index (χ1) is 8.41. The van der Waals surface area contributed by atoms with Crippen molar-refractivity contribution in [2.24, 2.45) is 0 Å². The SMILES string of the molecule is Cc1nn(-c2nc(Cl)ccc2[N+](=O)[O-])c(C)c1C. The molecule has 2 aromatic heterocycles. The Kier molecular flexibility index (Phi) is 3.04. The lowest BCUT2D eigenvalue weighted by Crippen LogP contribution is -2.06. The number of hydrogen-bond acceptors (Lipinski definition) is 4. The van der Waals surface area contributed by atoms with E-state index in [1.54, 1.807) is 0 Å².